The molecule has 0 amide bonds. The highest BCUT2D eigenvalue weighted by atomic mass is 32.2. The highest BCUT2D eigenvalue weighted by molar-refractivity contribution is 7.99. The average Bonchev–Trinajstić information content (AvgIpc) is 2.49. The van der Waals surface area contributed by atoms with Crippen molar-refractivity contribution >= 4 is 22.7 Å². The van der Waals surface area contributed by atoms with Gasteiger partial charge in [0.05, 0.1) is 5.52 Å². The molecule has 1 aliphatic rings. The fourth-order valence-corrected chi connectivity index (χ4v) is 3.29. The van der Waals surface area contributed by atoms with Crippen LogP contribution in [-0.2, 0) is 0 Å². The van der Waals surface area contributed by atoms with Gasteiger partial charge in [0, 0.05) is 43.9 Å². The van der Waals surface area contributed by atoms with Gasteiger partial charge in [0.1, 0.15) is 11.4 Å². The first-order chi connectivity index (χ1) is 9.43. The Morgan fingerprint density at radius 1 is 1.16 bits per heavy atom. The number of hydrogen-bond acceptors (Lipinski definition) is 5. The minimum absolute atomic E-state index is 1.03. The molecule has 0 saturated carbocycles. The van der Waals surface area contributed by atoms with Crippen molar-refractivity contribution in [2.24, 2.45) is 0 Å². The SMILES string of the molecule is c1ccc2c(SCCN3CCNCC3)ncnc2c1. The lowest BCUT2D eigenvalue weighted by molar-refractivity contribution is 0.255. The normalized spacial score (nSPS) is 16.8. The van der Waals surface area contributed by atoms with Crippen LogP contribution in [-0.4, -0.2) is 53.3 Å². The summed E-state index contributed by atoms with van der Waals surface area (Å²) in [5.74, 6) is 1.08. The summed E-state index contributed by atoms with van der Waals surface area (Å²) in [6.45, 7) is 5.67. The van der Waals surface area contributed by atoms with E-state index < -0.39 is 0 Å². The number of thioether (sulfide) groups is 1. The van der Waals surface area contributed by atoms with E-state index in [1.54, 1.807) is 6.33 Å². The van der Waals surface area contributed by atoms with Crippen LogP contribution in [0, 0.1) is 0 Å². The molecule has 0 aliphatic carbocycles. The molecule has 1 fully saturated rings. The number of fused-ring (bicyclic) bond motifs is 1. The Hall–Kier alpha value is -1.17. The molecule has 100 valence electrons. The quantitative estimate of drug-likeness (QED) is 0.678. The van der Waals surface area contributed by atoms with Gasteiger partial charge in [-0.3, -0.25) is 4.90 Å². The monoisotopic (exact) mass is 274 g/mol. The molecule has 0 spiro atoms. The Balaban J connectivity index is 1.62. The second-order valence-corrected chi connectivity index (χ2v) is 5.72. The average molecular weight is 274 g/mol. The van der Waals surface area contributed by atoms with E-state index in [0.29, 0.717) is 0 Å². The summed E-state index contributed by atoms with van der Waals surface area (Å²) in [5.41, 5.74) is 1.03. The van der Waals surface area contributed by atoms with Gasteiger partial charge in [-0.1, -0.05) is 18.2 Å². The van der Waals surface area contributed by atoms with Crippen molar-refractivity contribution in [3.63, 3.8) is 0 Å². The number of benzene rings is 1. The summed E-state index contributed by atoms with van der Waals surface area (Å²) in [7, 11) is 0. The highest BCUT2D eigenvalue weighted by Crippen LogP contribution is 2.23. The third-order valence-electron chi connectivity index (χ3n) is 3.36. The topological polar surface area (TPSA) is 41.0 Å². The molecule has 1 aromatic heterocycles. The van der Waals surface area contributed by atoms with Crippen molar-refractivity contribution in [1.29, 1.82) is 0 Å². The number of nitrogens with zero attached hydrogens (tertiary/aromatic N) is 3. The van der Waals surface area contributed by atoms with E-state index in [2.05, 4.69) is 26.3 Å². The van der Waals surface area contributed by atoms with Gasteiger partial charge in [-0.15, -0.1) is 11.8 Å². The Labute approximate surface area is 117 Å². The van der Waals surface area contributed by atoms with Gasteiger partial charge in [0.2, 0.25) is 0 Å². The summed E-state index contributed by atoms with van der Waals surface area (Å²) in [6.07, 6.45) is 1.66. The lowest BCUT2D eigenvalue weighted by atomic mass is 10.2. The second-order valence-electron chi connectivity index (χ2n) is 4.64. The van der Waals surface area contributed by atoms with Crippen molar-refractivity contribution < 1.29 is 0 Å². The van der Waals surface area contributed by atoms with Gasteiger partial charge in [-0.2, -0.15) is 0 Å². The van der Waals surface area contributed by atoms with Crippen LogP contribution in [0.25, 0.3) is 10.9 Å². The Kier molecular flexibility index (Phi) is 4.27. The van der Waals surface area contributed by atoms with E-state index in [-0.39, 0.29) is 0 Å². The molecule has 2 heterocycles. The molecule has 1 aliphatic heterocycles. The fraction of sp³-hybridized carbons (Fsp3) is 0.429. The molecule has 0 unspecified atom stereocenters. The molecule has 0 radical (unpaired) electrons. The van der Waals surface area contributed by atoms with E-state index >= 15 is 0 Å². The first-order valence-corrected chi connectivity index (χ1v) is 7.68. The maximum atomic E-state index is 4.41. The van der Waals surface area contributed by atoms with Gasteiger partial charge in [0.25, 0.3) is 0 Å². The lowest BCUT2D eigenvalue weighted by Gasteiger charge is -2.26. The Morgan fingerprint density at radius 2 is 2.00 bits per heavy atom. The Morgan fingerprint density at radius 3 is 2.89 bits per heavy atom. The molecule has 19 heavy (non-hydrogen) atoms. The number of hydrogen-bond donors (Lipinski definition) is 1. The zero-order valence-corrected chi connectivity index (χ0v) is 11.7. The third kappa shape index (κ3) is 3.23. The highest BCUT2D eigenvalue weighted by Gasteiger charge is 2.09. The number of nitrogens with one attached hydrogen (secondary N) is 1. The molecule has 1 aromatic carbocycles. The minimum atomic E-state index is 1.03. The van der Waals surface area contributed by atoms with Crippen molar-refractivity contribution in [1.82, 2.24) is 20.2 Å². The molecule has 0 atom stereocenters. The maximum Gasteiger partial charge on any atom is 0.117 e. The van der Waals surface area contributed by atoms with Gasteiger partial charge in [0.15, 0.2) is 0 Å². The summed E-state index contributed by atoms with van der Waals surface area (Å²) < 4.78 is 0. The molecule has 1 saturated heterocycles. The van der Waals surface area contributed by atoms with Crippen LogP contribution in [0.4, 0.5) is 0 Å². The first-order valence-electron chi connectivity index (χ1n) is 6.69. The van der Waals surface area contributed by atoms with Gasteiger partial charge in [-0.25, -0.2) is 9.97 Å². The van der Waals surface area contributed by atoms with Crippen molar-refractivity contribution in [3.8, 4) is 0 Å². The van der Waals surface area contributed by atoms with Crippen LogP contribution >= 0.6 is 11.8 Å². The molecule has 1 N–H and O–H groups in total. The number of aromatic nitrogens is 2. The molecule has 5 heteroatoms. The molecular formula is C14H18N4S. The summed E-state index contributed by atoms with van der Waals surface area (Å²) in [5, 5.41) is 5.64. The standard InChI is InChI=1S/C14H18N4S/c1-2-4-13-12(3-1)14(17-11-16-13)19-10-9-18-7-5-15-6-8-18/h1-4,11,15H,5-10H2. The predicted molar refractivity (Wildman–Crippen MR) is 79.6 cm³/mol. The van der Waals surface area contributed by atoms with Gasteiger partial charge >= 0.3 is 0 Å². The van der Waals surface area contributed by atoms with Crippen LogP contribution in [0.15, 0.2) is 35.6 Å². The summed E-state index contributed by atoms with van der Waals surface area (Å²) in [4.78, 5) is 11.2. The van der Waals surface area contributed by atoms with Crippen molar-refractivity contribution in [3.05, 3.63) is 30.6 Å². The number of rotatable bonds is 4. The van der Waals surface area contributed by atoms with E-state index in [0.717, 1.165) is 54.4 Å². The van der Waals surface area contributed by atoms with Crippen molar-refractivity contribution in [2.45, 2.75) is 5.03 Å². The molecule has 2 aromatic rings. The van der Waals surface area contributed by atoms with Crippen molar-refractivity contribution in [2.75, 3.05) is 38.5 Å². The van der Waals surface area contributed by atoms with Gasteiger partial charge in [-0.05, 0) is 6.07 Å². The van der Waals surface area contributed by atoms with E-state index in [9.17, 15) is 0 Å². The van der Waals surface area contributed by atoms with Crippen LogP contribution < -0.4 is 5.32 Å². The van der Waals surface area contributed by atoms with Crippen LogP contribution in [0.2, 0.25) is 0 Å². The van der Waals surface area contributed by atoms with Crippen LogP contribution in [0.3, 0.4) is 0 Å². The van der Waals surface area contributed by atoms with E-state index in [1.165, 1.54) is 0 Å². The zero-order chi connectivity index (χ0) is 12.9. The fourth-order valence-electron chi connectivity index (χ4n) is 2.30. The summed E-state index contributed by atoms with van der Waals surface area (Å²) >= 11 is 1.83. The Bertz CT molecular complexity index is 534. The van der Waals surface area contributed by atoms with E-state index in [4.69, 9.17) is 0 Å². The largest absolute Gasteiger partial charge is 0.314 e. The first kappa shape index (κ1) is 12.8. The molecular weight excluding hydrogens is 256 g/mol. The van der Waals surface area contributed by atoms with Crippen LogP contribution in [0.5, 0.6) is 0 Å². The zero-order valence-electron chi connectivity index (χ0n) is 10.9. The maximum absolute atomic E-state index is 4.41. The number of para-hydroxylation sites is 1. The minimum Gasteiger partial charge on any atom is -0.314 e. The van der Waals surface area contributed by atoms with E-state index in [1.807, 2.05) is 30.0 Å². The smallest absolute Gasteiger partial charge is 0.117 e. The second kappa shape index (κ2) is 6.32. The van der Waals surface area contributed by atoms with Gasteiger partial charge < -0.3 is 5.32 Å². The molecule has 4 nitrogen and oxygen atoms in total. The third-order valence-corrected chi connectivity index (χ3v) is 4.35. The molecule has 3 rings (SSSR count). The summed E-state index contributed by atoms with van der Waals surface area (Å²) in [6, 6.07) is 8.20. The number of piperazine rings is 1. The van der Waals surface area contributed by atoms with Crippen LogP contribution in [0.1, 0.15) is 0 Å². The lowest BCUT2D eigenvalue weighted by Crippen LogP contribution is -2.44. The molecule has 0 bridgehead atoms. The predicted octanol–water partition coefficient (Wildman–Crippen LogP) is 1.63.